The highest BCUT2D eigenvalue weighted by Crippen LogP contribution is 2.04. The summed E-state index contributed by atoms with van der Waals surface area (Å²) in [5, 5.41) is 15.3. The number of nitrogens with zero attached hydrogens (tertiary/aromatic N) is 1. The number of aliphatic hydroxyl groups is 1. The Bertz CT molecular complexity index is 415. The van der Waals surface area contributed by atoms with Gasteiger partial charge in [0.2, 0.25) is 0 Å². The summed E-state index contributed by atoms with van der Waals surface area (Å²) >= 11 is 0. The first kappa shape index (κ1) is 15.2. The van der Waals surface area contributed by atoms with Crippen LogP contribution in [0.2, 0.25) is 0 Å². The van der Waals surface area contributed by atoms with E-state index in [4.69, 9.17) is 5.11 Å². The molecule has 0 saturated heterocycles. The van der Waals surface area contributed by atoms with E-state index in [1.54, 1.807) is 30.5 Å². The third kappa shape index (κ3) is 5.52. The highest BCUT2D eigenvalue weighted by atomic mass is 16.6. The molecule has 0 aromatic heterocycles. The Balaban J connectivity index is 2.55. The largest absolute Gasteiger partial charge is 0.399 e. The topological polar surface area (TPSA) is 70.9 Å². The first-order valence-electron chi connectivity index (χ1n) is 6.25. The van der Waals surface area contributed by atoms with E-state index in [2.05, 4.69) is 15.3 Å². The third-order valence-electron chi connectivity index (χ3n) is 2.65. The molecule has 0 heterocycles. The van der Waals surface area contributed by atoms with Crippen molar-refractivity contribution < 1.29 is 14.7 Å². The zero-order valence-corrected chi connectivity index (χ0v) is 11.3. The number of carbonyl (C=O) groups excluding carboxylic acids is 1. The summed E-state index contributed by atoms with van der Waals surface area (Å²) in [6.45, 7) is 2.07. The molecule has 0 bridgehead atoms. The van der Waals surface area contributed by atoms with Crippen molar-refractivity contribution in [2.24, 2.45) is 5.16 Å². The van der Waals surface area contributed by atoms with Crippen LogP contribution in [0.5, 0.6) is 0 Å². The van der Waals surface area contributed by atoms with Crippen molar-refractivity contribution in [1.82, 2.24) is 5.32 Å². The van der Waals surface area contributed by atoms with Crippen LogP contribution in [-0.4, -0.2) is 37.0 Å². The number of benzene rings is 1. The Morgan fingerprint density at radius 1 is 1.47 bits per heavy atom. The van der Waals surface area contributed by atoms with E-state index in [9.17, 15) is 4.79 Å². The number of hydrogen-bond acceptors (Lipinski definition) is 4. The summed E-state index contributed by atoms with van der Waals surface area (Å²) in [5.74, 6) is -0.110. The van der Waals surface area contributed by atoms with E-state index < -0.39 is 0 Å². The molecule has 1 atom stereocenters. The Morgan fingerprint density at radius 3 is 2.74 bits per heavy atom. The number of carbonyl (C=O) groups is 1. The van der Waals surface area contributed by atoms with Gasteiger partial charge < -0.3 is 15.3 Å². The van der Waals surface area contributed by atoms with E-state index in [0.717, 1.165) is 12.0 Å². The van der Waals surface area contributed by atoms with E-state index in [1.165, 1.54) is 7.11 Å². The highest BCUT2D eigenvalue weighted by Gasteiger charge is 2.09. The molecule has 1 rings (SSSR count). The Labute approximate surface area is 113 Å². The third-order valence-corrected chi connectivity index (χ3v) is 2.65. The van der Waals surface area contributed by atoms with Crippen LogP contribution in [0.25, 0.3) is 0 Å². The van der Waals surface area contributed by atoms with E-state index in [1.807, 2.05) is 6.92 Å². The quantitative estimate of drug-likeness (QED) is 0.580. The molecule has 104 valence electrons. The molecule has 0 saturated carbocycles. The van der Waals surface area contributed by atoms with Crippen molar-refractivity contribution >= 4 is 12.1 Å². The number of hydrogen-bond donors (Lipinski definition) is 2. The summed E-state index contributed by atoms with van der Waals surface area (Å²) in [6.07, 6.45) is 3.03. The standard InChI is InChI=1S/C14H20N2O3/c1-11(4-3-9-17)16-14(18)13-7-5-12(6-8-13)10-15-19-2/h5-8,10-11,17H,3-4,9H2,1-2H3,(H,16,18)/b15-10+. The van der Waals surface area contributed by atoms with Gasteiger partial charge in [0.05, 0.1) is 6.21 Å². The van der Waals surface area contributed by atoms with Gasteiger partial charge in [0.15, 0.2) is 0 Å². The molecule has 1 aromatic carbocycles. The van der Waals surface area contributed by atoms with E-state index >= 15 is 0 Å². The zero-order valence-electron chi connectivity index (χ0n) is 11.3. The molecule has 1 aromatic rings. The van der Waals surface area contributed by atoms with Crippen molar-refractivity contribution in [3.63, 3.8) is 0 Å². The predicted octanol–water partition coefficient (Wildman–Crippen LogP) is 1.56. The number of amides is 1. The molecule has 0 spiro atoms. The molecule has 19 heavy (non-hydrogen) atoms. The van der Waals surface area contributed by atoms with Gasteiger partial charge in [-0.2, -0.15) is 0 Å². The van der Waals surface area contributed by atoms with Gasteiger partial charge in [-0.15, -0.1) is 0 Å². The van der Waals surface area contributed by atoms with E-state index in [0.29, 0.717) is 12.0 Å². The fraction of sp³-hybridized carbons (Fsp3) is 0.429. The minimum atomic E-state index is -0.110. The fourth-order valence-electron chi connectivity index (χ4n) is 1.61. The van der Waals surface area contributed by atoms with Gasteiger partial charge >= 0.3 is 0 Å². The summed E-state index contributed by atoms with van der Waals surface area (Å²) in [6, 6.07) is 7.14. The van der Waals surface area contributed by atoms with Gasteiger partial charge in [0, 0.05) is 18.2 Å². The molecule has 0 aliphatic rings. The highest BCUT2D eigenvalue weighted by molar-refractivity contribution is 5.95. The van der Waals surface area contributed by atoms with Crippen molar-refractivity contribution in [3.05, 3.63) is 35.4 Å². The number of rotatable bonds is 7. The Kier molecular flexibility index (Phi) is 6.60. The van der Waals surface area contributed by atoms with Gasteiger partial charge in [-0.3, -0.25) is 4.79 Å². The maximum atomic E-state index is 11.9. The molecule has 0 radical (unpaired) electrons. The number of nitrogens with one attached hydrogen (secondary N) is 1. The van der Waals surface area contributed by atoms with Gasteiger partial charge in [-0.25, -0.2) is 0 Å². The number of aliphatic hydroxyl groups excluding tert-OH is 1. The normalized spacial score (nSPS) is 12.4. The van der Waals surface area contributed by atoms with Gasteiger partial charge in [0.25, 0.3) is 5.91 Å². The molecular weight excluding hydrogens is 244 g/mol. The molecule has 0 fully saturated rings. The van der Waals surface area contributed by atoms with Gasteiger partial charge in [-0.1, -0.05) is 17.3 Å². The predicted molar refractivity (Wildman–Crippen MR) is 74.3 cm³/mol. The Hall–Kier alpha value is -1.88. The fourth-order valence-corrected chi connectivity index (χ4v) is 1.61. The molecule has 0 aliphatic heterocycles. The van der Waals surface area contributed by atoms with Crippen LogP contribution in [0, 0.1) is 0 Å². The van der Waals surface area contributed by atoms with Crippen molar-refractivity contribution in [1.29, 1.82) is 0 Å². The summed E-state index contributed by atoms with van der Waals surface area (Å²) < 4.78 is 0. The van der Waals surface area contributed by atoms with Crippen LogP contribution in [0.4, 0.5) is 0 Å². The SMILES string of the molecule is CO/N=C/c1ccc(C(=O)NC(C)CCCO)cc1. The van der Waals surface area contributed by atoms with Gasteiger partial charge in [-0.05, 0) is 37.5 Å². The lowest BCUT2D eigenvalue weighted by Crippen LogP contribution is -2.32. The molecular formula is C14H20N2O3. The maximum absolute atomic E-state index is 11.9. The van der Waals surface area contributed by atoms with Crippen LogP contribution >= 0.6 is 0 Å². The minimum Gasteiger partial charge on any atom is -0.399 e. The second kappa shape index (κ2) is 8.26. The lowest BCUT2D eigenvalue weighted by atomic mass is 10.1. The smallest absolute Gasteiger partial charge is 0.251 e. The molecule has 2 N–H and O–H groups in total. The molecule has 0 aliphatic carbocycles. The first-order valence-corrected chi connectivity index (χ1v) is 6.25. The van der Waals surface area contributed by atoms with Crippen LogP contribution in [0.1, 0.15) is 35.7 Å². The average molecular weight is 264 g/mol. The van der Waals surface area contributed by atoms with Crippen molar-refractivity contribution in [2.75, 3.05) is 13.7 Å². The van der Waals surface area contributed by atoms with Crippen molar-refractivity contribution in [2.45, 2.75) is 25.8 Å². The summed E-state index contributed by atoms with van der Waals surface area (Å²) in [7, 11) is 1.48. The van der Waals surface area contributed by atoms with Crippen LogP contribution in [0.3, 0.4) is 0 Å². The van der Waals surface area contributed by atoms with Crippen molar-refractivity contribution in [3.8, 4) is 0 Å². The Morgan fingerprint density at radius 2 is 2.16 bits per heavy atom. The summed E-state index contributed by atoms with van der Waals surface area (Å²) in [5.41, 5.74) is 1.47. The zero-order chi connectivity index (χ0) is 14.1. The molecule has 5 nitrogen and oxygen atoms in total. The van der Waals surface area contributed by atoms with Gasteiger partial charge in [0.1, 0.15) is 7.11 Å². The van der Waals surface area contributed by atoms with E-state index in [-0.39, 0.29) is 18.6 Å². The lowest BCUT2D eigenvalue weighted by Gasteiger charge is -2.13. The summed E-state index contributed by atoms with van der Waals surface area (Å²) in [4.78, 5) is 16.5. The monoisotopic (exact) mass is 264 g/mol. The molecule has 5 heteroatoms. The minimum absolute atomic E-state index is 0.0504. The van der Waals surface area contributed by atoms with Crippen LogP contribution in [0.15, 0.2) is 29.4 Å². The molecule has 1 unspecified atom stereocenters. The lowest BCUT2D eigenvalue weighted by molar-refractivity contribution is 0.0936. The maximum Gasteiger partial charge on any atom is 0.251 e. The second-order valence-electron chi connectivity index (χ2n) is 4.28. The number of oxime groups is 1. The van der Waals surface area contributed by atoms with Crippen LogP contribution in [-0.2, 0) is 4.84 Å². The molecule has 1 amide bonds. The van der Waals surface area contributed by atoms with Crippen LogP contribution < -0.4 is 5.32 Å². The second-order valence-corrected chi connectivity index (χ2v) is 4.28. The first-order chi connectivity index (χ1) is 9.17. The average Bonchev–Trinajstić information content (AvgIpc) is 2.43.